The third-order valence-corrected chi connectivity index (χ3v) is 10.1. The molecular formula is C32H27ClF4N4O6S. The number of nitrogens with two attached hydrogens (primary N) is 1. The van der Waals surface area contributed by atoms with E-state index < -0.39 is 63.4 Å². The maximum atomic E-state index is 15.5. The number of esters is 2. The largest absolute Gasteiger partial charge is 0.491 e. The van der Waals surface area contributed by atoms with Crippen LogP contribution < -0.4 is 10.9 Å². The van der Waals surface area contributed by atoms with Crippen LogP contribution in [0.25, 0.3) is 10.8 Å². The van der Waals surface area contributed by atoms with Crippen LogP contribution in [-0.2, 0) is 29.0 Å². The highest BCUT2D eigenvalue weighted by Gasteiger charge is 2.50. The molecule has 1 aromatic heterocycles. The summed E-state index contributed by atoms with van der Waals surface area (Å²) in [5.74, 6) is -1.68. The second-order valence-electron chi connectivity index (χ2n) is 10.9. The number of anilines is 1. The number of carbonyl (C=O) groups is 3. The number of nitrogens with zero attached hydrogens (tertiary/aromatic N) is 3. The van der Waals surface area contributed by atoms with Crippen LogP contribution in [0.2, 0.25) is 5.02 Å². The fourth-order valence-electron chi connectivity index (χ4n) is 5.72. The van der Waals surface area contributed by atoms with Crippen LogP contribution in [-0.4, -0.2) is 54.6 Å². The summed E-state index contributed by atoms with van der Waals surface area (Å²) < 4.78 is 85.2. The predicted molar refractivity (Wildman–Crippen MR) is 166 cm³/mol. The Morgan fingerprint density at radius 2 is 1.81 bits per heavy atom. The molecule has 1 fully saturated rings. The van der Waals surface area contributed by atoms with E-state index in [-0.39, 0.29) is 39.7 Å². The second-order valence-corrected chi connectivity index (χ2v) is 13.6. The third kappa shape index (κ3) is 6.84. The summed E-state index contributed by atoms with van der Waals surface area (Å²) in [7, 11) is -4.03. The van der Waals surface area contributed by atoms with Gasteiger partial charge in [-0.3, -0.25) is 19.6 Å². The lowest BCUT2D eigenvalue weighted by Gasteiger charge is -2.36. The van der Waals surface area contributed by atoms with Crippen molar-refractivity contribution < 1.29 is 45.1 Å². The summed E-state index contributed by atoms with van der Waals surface area (Å²) in [6.07, 6.45) is -2.71. The number of likely N-dealkylation sites (tertiary alicyclic amines) is 1. The first-order valence-electron chi connectivity index (χ1n) is 14.4. The van der Waals surface area contributed by atoms with E-state index in [0.717, 1.165) is 21.4 Å². The molecule has 1 amide bonds. The van der Waals surface area contributed by atoms with Crippen molar-refractivity contribution in [3.05, 3.63) is 101 Å². The molecule has 0 spiro atoms. The molecular weight excluding hydrogens is 680 g/mol. The maximum absolute atomic E-state index is 15.5. The minimum Gasteiger partial charge on any atom is -0.386 e. The molecule has 3 atom stereocenters. The Bertz CT molecular complexity index is 2010. The van der Waals surface area contributed by atoms with E-state index in [1.54, 1.807) is 30.5 Å². The van der Waals surface area contributed by atoms with Gasteiger partial charge in [0.05, 0.1) is 28.3 Å². The number of pyridine rings is 1. The Kier molecular flexibility index (Phi) is 9.76. The van der Waals surface area contributed by atoms with Crippen molar-refractivity contribution in [2.24, 2.45) is 11.8 Å². The summed E-state index contributed by atoms with van der Waals surface area (Å²) in [5.41, 5.74) is -0.155. The number of rotatable bonds is 8. The first-order chi connectivity index (χ1) is 22.6. The normalized spacial score (nSPS) is 17.3. The van der Waals surface area contributed by atoms with E-state index >= 15 is 4.39 Å². The van der Waals surface area contributed by atoms with E-state index in [9.17, 15) is 36.0 Å². The first-order valence-corrected chi connectivity index (χ1v) is 16.4. The molecule has 3 aromatic carbocycles. The van der Waals surface area contributed by atoms with Gasteiger partial charge in [-0.1, -0.05) is 42.8 Å². The van der Waals surface area contributed by atoms with Gasteiger partial charge in [0.15, 0.2) is 15.9 Å². The zero-order valence-corrected chi connectivity index (χ0v) is 26.6. The molecule has 0 aliphatic carbocycles. The molecule has 10 nitrogen and oxygen atoms in total. The minimum absolute atomic E-state index is 0.0478. The zero-order valence-electron chi connectivity index (χ0n) is 25.0. The molecule has 2 heterocycles. The molecule has 2 N–H and O–H groups in total. The highest BCUT2D eigenvalue weighted by molar-refractivity contribution is 7.91. The lowest BCUT2D eigenvalue weighted by Crippen LogP contribution is -2.47. The fourth-order valence-corrected chi connectivity index (χ4v) is 7.05. The van der Waals surface area contributed by atoms with Crippen LogP contribution in [0.1, 0.15) is 36.6 Å². The Morgan fingerprint density at radius 3 is 2.52 bits per heavy atom. The second kappa shape index (κ2) is 13.5. The first kappa shape index (κ1) is 34.7. The summed E-state index contributed by atoms with van der Waals surface area (Å²) in [6, 6.07) is 12.1. The monoisotopic (exact) mass is 706 g/mol. The number of hydrogen-bond donors (Lipinski definition) is 1. The number of hydrazine groups is 1. The number of ether oxygens (including phenoxy) is 1. The molecule has 16 heteroatoms. The molecule has 48 heavy (non-hydrogen) atoms. The average molecular weight is 707 g/mol. The van der Waals surface area contributed by atoms with Gasteiger partial charge in [-0.15, -0.1) is 0 Å². The molecule has 2 unspecified atom stereocenters. The van der Waals surface area contributed by atoms with Crippen molar-refractivity contribution in [1.29, 1.82) is 0 Å². The van der Waals surface area contributed by atoms with Gasteiger partial charge in [0.1, 0.15) is 5.82 Å². The van der Waals surface area contributed by atoms with Crippen molar-refractivity contribution in [2.75, 3.05) is 17.3 Å². The SMILES string of the molecule is CCS(=O)(=O)c1ccccc1C1C(C(=O)OC(=O)C(F)(F)F)CCN1C(=O)[C@@H](c1cc(Cl)ccc1F)N(N)c1ccc2cnccc2c1. The van der Waals surface area contributed by atoms with Crippen LogP contribution in [0.15, 0.2) is 84.0 Å². The third-order valence-electron chi connectivity index (χ3n) is 8.05. The van der Waals surface area contributed by atoms with Crippen LogP contribution >= 0.6 is 11.6 Å². The van der Waals surface area contributed by atoms with E-state index in [0.29, 0.717) is 5.39 Å². The number of carbonyl (C=O) groups excluding carboxylic acids is 3. The van der Waals surface area contributed by atoms with Gasteiger partial charge in [0.2, 0.25) is 0 Å². The van der Waals surface area contributed by atoms with Gasteiger partial charge in [-0.25, -0.2) is 23.4 Å². The number of aromatic nitrogens is 1. The highest BCUT2D eigenvalue weighted by atomic mass is 35.5. The maximum Gasteiger partial charge on any atom is 0.491 e. The van der Waals surface area contributed by atoms with E-state index in [1.165, 1.54) is 49.5 Å². The summed E-state index contributed by atoms with van der Waals surface area (Å²) in [4.78, 5) is 44.3. The average Bonchev–Trinajstić information content (AvgIpc) is 3.51. The zero-order chi connectivity index (χ0) is 35.0. The van der Waals surface area contributed by atoms with Crippen LogP contribution in [0.3, 0.4) is 0 Å². The summed E-state index contributed by atoms with van der Waals surface area (Å²) in [6.45, 7) is 1.03. The quantitative estimate of drug-likeness (QED) is 0.0831. The van der Waals surface area contributed by atoms with Crippen molar-refractivity contribution >= 4 is 55.7 Å². The van der Waals surface area contributed by atoms with Gasteiger partial charge >= 0.3 is 18.1 Å². The number of alkyl halides is 3. The number of sulfone groups is 1. The Labute approximate surface area is 276 Å². The van der Waals surface area contributed by atoms with E-state index in [1.807, 2.05) is 0 Å². The van der Waals surface area contributed by atoms with Crippen LogP contribution in [0, 0.1) is 11.7 Å². The smallest absolute Gasteiger partial charge is 0.386 e. The minimum atomic E-state index is -5.51. The molecule has 1 saturated heterocycles. The molecule has 1 aliphatic rings. The van der Waals surface area contributed by atoms with Crippen molar-refractivity contribution in [3.8, 4) is 0 Å². The Morgan fingerprint density at radius 1 is 1.08 bits per heavy atom. The lowest BCUT2D eigenvalue weighted by atomic mass is 9.93. The molecule has 252 valence electrons. The number of benzene rings is 3. The van der Waals surface area contributed by atoms with E-state index in [2.05, 4.69) is 9.72 Å². The van der Waals surface area contributed by atoms with Crippen molar-refractivity contribution in [3.63, 3.8) is 0 Å². The van der Waals surface area contributed by atoms with Gasteiger partial charge < -0.3 is 9.64 Å². The number of hydrogen-bond acceptors (Lipinski definition) is 9. The lowest BCUT2D eigenvalue weighted by molar-refractivity contribution is -0.203. The van der Waals surface area contributed by atoms with Gasteiger partial charge in [-0.05, 0) is 59.8 Å². The Hall–Kier alpha value is -4.60. The van der Waals surface area contributed by atoms with Gasteiger partial charge in [-0.2, -0.15) is 13.2 Å². The number of fused-ring (bicyclic) bond motifs is 1. The summed E-state index contributed by atoms with van der Waals surface area (Å²) >= 11 is 6.21. The van der Waals surface area contributed by atoms with Crippen molar-refractivity contribution in [1.82, 2.24) is 9.88 Å². The topological polar surface area (TPSA) is 140 Å². The Balaban J connectivity index is 1.66. The molecule has 0 bridgehead atoms. The molecule has 1 aliphatic heterocycles. The molecule has 0 saturated carbocycles. The fraction of sp³-hybridized carbons (Fsp3) is 0.250. The predicted octanol–water partition coefficient (Wildman–Crippen LogP) is 5.46. The number of halogens is 5. The van der Waals surface area contributed by atoms with Crippen molar-refractivity contribution in [2.45, 2.75) is 36.5 Å². The van der Waals surface area contributed by atoms with Gasteiger partial charge in [0, 0.05) is 34.9 Å². The standard InChI is InChI=1S/C32H27ClF4N4O6S/c1-2-48(45,46)26-6-4-3-5-22(26)27-23(30(43)47-31(44)32(35,36)37)12-14-40(27)29(42)28(24-16-20(33)8-10-25(24)34)41(38)21-9-7-19-17-39-13-11-18(19)15-21/h3-11,13,15-17,23,27-28H,2,12,14,38H2,1H3/t23?,27?,28-/m1/s1. The molecule has 0 radical (unpaired) electrons. The molecule has 5 rings (SSSR count). The highest BCUT2D eigenvalue weighted by Crippen LogP contribution is 2.44. The van der Waals surface area contributed by atoms with Crippen LogP contribution in [0.4, 0.5) is 23.2 Å². The molecule has 4 aromatic rings. The summed E-state index contributed by atoms with van der Waals surface area (Å²) in [5, 5.41) is 2.42. The van der Waals surface area contributed by atoms with E-state index in [4.69, 9.17) is 17.4 Å². The van der Waals surface area contributed by atoms with Crippen LogP contribution in [0.5, 0.6) is 0 Å². The number of amides is 1. The van der Waals surface area contributed by atoms with Gasteiger partial charge in [0.25, 0.3) is 5.91 Å².